The molecule has 1 saturated carbocycles. The lowest BCUT2D eigenvalue weighted by Crippen LogP contribution is -2.46. The van der Waals surface area contributed by atoms with Gasteiger partial charge in [0.05, 0.1) is 24.3 Å². The van der Waals surface area contributed by atoms with Gasteiger partial charge >= 0.3 is 6.09 Å². The number of fused-ring (bicyclic) bond motifs is 1. The number of nitrogens with zero attached hydrogens (tertiary/aromatic N) is 6. The fourth-order valence-electron chi connectivity index (χ4n) is 7.42. The van der Waals surface area contributed by atoms with E-state index in [9.17, 15) is 4.79 Å². The van der Waals surface area contributed by atoms with Crippen molar-refractivity contribution in [1.29, 1.82) is 0 Å². The molecule has 2 saturated heterocycles. The molecule has 1 aliphatic carbocycles. The Labute approximate surface area is 285 Å². The number of piperidine rings is 1. The smallest absolute Gasteiger partial charge is 0.404 e. The van der Waals surface area contributed by atoms with Crippen LogP contribution in [0.5, 0.6) is 0 Å². The van der Waals surface area contributed by atoms with Crippen molar-refractivity contribution in [3.05, 3.63) is 47.7 Å². The molecule has 3 fully saturated rings. The molecule has 48 heavy (non-hydrogen) atoms. The van der Waals surface area contributed by atoms with Gasteiger partial charge < -0.3 is 34.7 Å². The first-order chi connectivity index (χ1) is 23.2. The second-order valence-corrected chi connectivity index (χ2v) is 20.6. The van der Waals surface area contributed by atoms with Gasteiger partial charge in [-0.3, -0.25) is 9.88 Å². The minimum absolute atomic E-state index is 0.00200. The van der Waals surface area contributed by atoms with Crippen molar-refractivity contribution in [2.24, 2.45) is 0 Å². The van der Waals surface area contributed by atoms with Crippen LogP contribution in [0.4, 0.5) is 10.6 Å². The van der Waals surface area contributed by atoms with Gasteiger partial charge in [-0.05, 0) is 80.8 Å². The molecule has 0 radical (unpaired) electrons. The summed E-state index contributed by atoms with van der Waals surface area (Å²) >= 11 is 0. The average Bonchev–Trinajstić information content (AvgIpc) is 3.45. The third-order valence-corrected chi connectivity index (χ3v) is 11.8. The van der Waals surface area contributed by atoms with Crippen LogP contribution in [0.25, 0.3) is 11.0 Å². The van der Waals surface area contributed by atoms with Crippen molar-refractivity contribution < 1.29 is 19.4 Å². The van der Waals surface area contributed by atoms with Crippen LogP contribution >= 0.6 is 0 Å². The number of hydrogen-bond donors (Lipinski definition) is 3. The van der Waals surface area contributed by atoms with Gasteiger partial charge in [0, 0.05) is 71.4 Å². The van der Waals surface area contributed by atoms with Crippen LogP contribution in [-0.2, 0) is 29.3 Å². The summed E-state index contributed by atoms with van der Waals surface area (Å²) in [5.41, 5.74) is 4.57. The van der Waals surface area contributed by atoms with E-state index >= 15 is 0 Å². The standard InChI is InChI=1S/C35H54N8O4Si/c1-48(2,3)18-17-47-25-43-32(20-31-33(38-24-39-34(31)43)42-13-15-46-16-14-42)27-6-8-28(9-7-27)37-21-30-19-26(10-11-36-30)22-41-12-4-5-29(23-41)40-35(44)45/h10-11,19-20,24,27-29,37,40H,4-9,12-18,21-23,25H2,1-3H3,(H,44,45). The highest BCUT2D eigenvalue weighted by atomic mass is 28.3. The molecule has 1 unspecified atom stereocenters. The minimum Gasteiger partial charge on any atom is -0.465 e. The molecular formula is C35H54N8O4Si. The van der Waals surface area contributed by atoms with Crippen molar-refractivity contribution in [2.75, 3.05) is 50.9 Å². The Bertz CT molecular complexity index is 1500. The molecule has 3 aliphatic rings. The first kappa shape index (κ1) is 34.7. The molecule has 1 amide bonds. The van der Waals surface area contributed by atoms with Crippen LogP contribution in [0.2, 0.25) is 25.7 Å². The predicted molar refractivity (Wildman–Crippen MR) is 190 cm³/mol. The quantitative estimate of drug-likeness (QED) is 0.167. The fourth-order valence-corrected chi connectivity index (χ4v) is 8.18. The Morgan fingerprint density at radius 1 is 1.04 bits per heavy atom. The van der Waals surface area contributed by atoms with E-state index in [1.165, 1.54) is 11.3 Å². The molecule has 5 heterocycles. The first-order valence-electron chi connectivity index (χ1n) is 17.9. The lowest BCUT2D eigenvalue weighted by molar-refractivity contribution is 0.0866. The highest BCUT2D eigenvalue weighted by Gasteiger charge is 2.28. The lowest BCUT2D eigenvalue weighted by Gasteiger charge is -2.32. The number of ether oxygens (including phenoxy) is 2. The van der Waals surface area contributed by atoms with E-state index in [-0.39, 0.29) is 6.04 Å². The summed E-state index contributed by atoms with van der Waals surface area (Å²) in [5, 5.41) is 16.7. The molecule has 0 bridgehead atoms. The highest BCUT2D eigenvalue weighted by molar-refractivity contribution is 6.76. The van der Waals surface area contributed by atoms with E-state index in [0.717, 1.165) is 126 Å². The van der Waals surface area contributed by atoms with E-state index in [0.29, 0.717) is 18.7 Å². The number of hydrogen-bond acceptors (Lipinski definition) is 9. The molecule has 2 aliphatic heterocycles. The van der Waals surface area contributed by atoms with E-state index in [2.05, 4.69) is 67.8 Å². The molecule has 1 atom stereocenters. The highest BCUT2D eigenvalue weighted by Crippen LogP contribution is 2.38. The molecule has 262 valence electrons. The molecule has 13 heteroatoms. The molecular weight excluding hydrogens is 625 g/mol. The number of nitrogens with one attached hydrogen (secondary N) is 2. The predicted octanol–water partition coefficient (Wildman–Crippen LogP) is 5.02. The van der Waals surface area contributed by atoms with Crippen LogP contribution in [0, 0.1) is 0 Å². The van der Waals surface area contributed by atoms with Gasteiger partial charge in [-0.1, -0.05) is 19.6 Å². The van der Waals surface area contributed by atoms with Crippen LogP contribution in [0.3, 0.4) is 0 Å². The molecule has 0 spiro atoms. The third-order valence-electron chi connectivity index (χ3n) is 10.1. The van der Waals surface area contributed by atoms with E-state index in [4.69, 9.17) is 24.5 Å². The summed E-state index contributed by atoms with van der Waals surface area (Å²) in [6.45, 7) is 14.9. The Hall–Kier alpha value is -3.10. The average molecular weight is 679 g/mol. The molecule has 6 rings (SSSR count). The van der Waals surface area contributed by atoms with Crippen molar-refractivity contribution in [3.8, 4) is 0 Å². The van der Waals surface area contributed by atoms with Crippen molar-refractivity contribution in [1.82, 2.24) is 35.1 Å². The number of carbonyl (C=O) groups is 1. The number of pyridine rings is 1. The number of aromatic nitrogens is 4. The number of likely N-dealkylation sites (tertiary alicyclic amines) is 1. The van der Waals surface area contributed by atoms with Crippen molar-refractivity contribution in [3.63, 3.8) is 0 Å². The molecule has 3 aromatic heterocycles. The van der Waals surface area contributed by atoms with Gasteiger partial charge in [-0.2, -0.15) is 0 Å². The Morgan fingerprint density at radius 3 is 2.62 bits per heavy atom. The van der Waals surface area contributed by atoms with E-state index in [1.54, 1.807) is 6.33 Å². The summed E-state index contributed by atoms with van der Waals surface area (Å²) in [7, 11) is -1.18. The van der Waals surface area contributed by atoms with E-state index < -0.39 is 14.2 Å². The summed E-state index contributed by atoms with van der Waals surface area (Å²) in [5.74, 6) is 1.45. The normalized spacial score (nSPS) is 22.6. The Balaban J connectivity index is 1.07. The monoisotopic (exact) mass is 678 g/mol. The van der Waals surface area contributed by atoms with Gasteiger partial charge in [0.25, 0.3) is 0 Å². The molecule has 0 aromatic carbocycles. The molecule has 12 nitrogen and oxygen atoms in total. The number of carboxylic acid groups (broad SMARTS) is 1. The fraction of sp³-hybridized carbons (Fsp3) is 0.657. The van der Waals surface area contributed by atoms with Gasteiger partial charge in [-0.25, -0.2) is 14.8 Å². The Morgan fingerprint density at radius 2 is 1.85 bits per heavy atom. The number of rotatable bonds is 13. The maximum Gasteiger partial charge on any atom is 0.404 e. The largest absolute Gasteiger partial charge is 0.465 e. The Kier molecular flexibility index (Phi) is 11.6. The molecule has 3 N–H and O–H groups in total. The number of morpholine rings is 1. The van der Waals surface area contributed by atoms with Crippen LogP contribution in [0.15, 0.2) is 30.7 Å². The van der Waals surface area contributed by atoms with Gasteiger partial charge in [0.2, 0.25) is 0 Å². The van der Waals surface area contributed by atoms with Crippen LogP contribution in [-0.4, -0.2) is 102 Å². The minimum atomic E-state index is -1.18. The maximum absolute atomic E-state index is 11.1. The summed E-state index contributed by atoms with van der Waals surface area (Å²) in [6, 6.07) is 8.21. The van der Waals surface area contributed by atoms with Gasteiger partial charge in [0.15, 0.2) is 0 Å². The zero-order chi connectivity index (χ0) is 33.5. The van der Waals surface area contributed by atoms with E-state index in [1.807, 2.05) is 6.20 Å². The van der Waals surface area contributed by atoms with Crippen molar-refractivity contribution >= 4 is 31.0 Å². The lowest BCUT2D eigenvalue weighted by atomic mass is 9.84. The number of amides is 1. The second-order valence-electron chi connectivity index (χ2n) is 15.0. The van der Waals surface area contributed by atoms with Gasteiger partial charge in [-0.15, -0.1) is 0 Å². The van der Waals surface area contributed by atoms with Crippen LogP contribution < -0.4 is 15.5 Å². The first-order valence-corrected chi connectivity index (χ1v) is 21.6. The van der Waals surface area contributed by atoms with Gasteiger partial charge in [0.1, 0.15) is 24.5 Å². The number of anilines is 1. The van der Waals surface area contributed by atoms with Crippen molar-refractivity contribution in [2.45, 2.75) is 102 Å². The zero-order valence-corrected chi connectivity index (χ0v) is 30.0. The topological polar surface area (TPSA) is 130 Å². The third kappa shape index (κ3) is 9.32. The summed E-state index contributed by atoms with van der Waals surface area (Å²) in [6.07, 6.45) is 9.00. The van der Waals surface area contributed by atoms with Crippen LogP contribution in [0.1, 0.15) is 61.4 Å². The summed E-state index contributed by atoms with van der Waals surface area (Å²) in [4.78, 5) is 30.0. The SMILES string of the molecule is C[Si](C)(C)CCOCn1c(C2CCC(NCc3cc(CN4CCCC(NC(=O)O)C4)ccn3)CC2)cc2c(N3CCOCC3)ncnc21. The summed E-state index contributed by atoms with van der Waals surface area (Å²) < 4.78 is 14.3. The molecule has 3 aromatic rings. The second kappa shape index (κ2) is 16.1. The zero-order valence-electron chi connectivity index (χ0n) is 29.0. The maximum atomic E-state index is 11.1.